The topological polar surface area (TPSA) is 75.8 Å². The third kappa shape index (κ3) is 6.58. The first-order chi connectivity index (χ1) is 14.2. The number of fused-ring (bicyclic) bond motifs is 1. The van der Waals surface area contributed by atoms with Gasteiger partial charge in [-0.2, -0.15) is 0 Å². The highest BCUT2D eigenvalue weighted by atomic mass is 127. The Morgan fingerprint density at radius 1 is 1.13 bits per heavy atom. The van der Waals surface area contributed by atoms with Crippen LogP contribution in [0, 0.1) is 6.92 Å². The zero-order valence-corrected chi connectivity index (χ0v) is 20.2. The standard InChI is InChI=1S/C22H30N6O.HI/c1-4-23-22(25-14-12-18-11-10-17(2)19(16-18)29-3)24-13-7-9-21-27-26-20-8-5-6-15-28(20)21;/h5-6,8,10-11,15-16H,4,7,9,12-14H2,1-3H3,(H2,23,24,25);1H. The third-order valence-electron chi connectivity index (χ3n) is 4.74. The molecule has 3 rings (SSSR count). The molecule has 0 saturated heterocycles. The van der Waals surface area contributed by atoms with Gasteiger partial charge in [0.05, 0.1) is 7.11 Å². The van der Waals surface area contributed by atoms with Gasteiger partial charge in [0.25, 0.3) is 0 Å². The molecular weight excluding hydrogens is 491 g/mol. The maximum atomic E-state index is 5.41. The van der Waals surface area contributed by atoms with Crippen molar-refractivity contribution in [1.29, 1.82) is 0 Å². The van der Waals surface area contributed by atoms with E-state index in [0.29, 0.717) is 0 Å². The van der Waals surface area contributed by atoms with Crippen LogP contribution < -0.4 is 15.4 Å². The number of hydrogen-bond acceptors (Lipinski definition) is 4. The average molecular weight is 522 g/mol. The predicted molar refractivity (Wildman–Crippen MR) is 132 cm³/mol. The number of pyridine rings is 1. The van der Waals surface area contributed by atoms with Gasteiger partial charge in [0.2, 0.25) is 0 Å². The minimum Gasteiger partial charge on any atom is -0.496 e. The van der Waals surface area contributed by atoms with E-state index in [2.05, 4.69) is 57.9 Å². The molecule has 0 atom stereocenters. The molecule has 0 bridgehead atoms. The molecule has 0 aliphatic heterocycles. The van der Waals surface area contributed by atoms with E-state index in [4.69, 9.17) is 4.74 Å². The molecule has 8 heteroatoms. The first-order valence-corrected chi connectivity index (χ1v) is 10.2. The Balaban J connectivity index is 0.00000320. The zero-order valence-electron chi connectivity index (χ0n) is 17.9. The Labute approximate surface area is 195 Å². The molecule has 0 amide bonds. The Morgan fingerprint density at radius 2 is 2.00 bits per heavy atom. The number of nitrogens with one attached hydrogen (secondary N) is 2. The third-order valence-corrected chi connectivity index (χ3v) is 4.74. The highest BCUT2D eigenvalue weighted by Gasteiger charge is 2.05. The maximum absolute atomic E-state index is 5.41. The number of aryl methyl sites for hydroxylation is 2. The van der Waals surface area contributed by atoms with Crippen LogP contribution in [0.4, 0.5) is 0 Å². The van der Waals surface area contributed by atoms with Gasteiger partial charge in [0, 0.05) is 32.3 Å². The number of aliphatic imine (C=N–C) groups is 1. The SMILES string of the molecule is CCNC(=NCCCc1nnc2ccccn12)NCCc1ccc(C)c(OC)c1.I. The van der Waals surface area contributed by atoms with Gasteiger partial charge in [-0.05, 0) is 56.0 Å². The molecule has 0 radical (unpaired) electrons. The van der Waals surface area contributed by atoms with Crippen molar-refractivity contribution in [3.63, 3.8) is 0 Å². The average Bonchev–Trinajstić information content (AvgIpc) is 3.15. The Hall–Kier alpha value is -2.36. The van der Waals surface area contributed by atoms with E-state index < -0.39 is 0 Å². The number of rotatable bonds is 9. The van der Waals surface area contributed by atoms with E-state index in [0.717, 1.165) is 67.6 Å². The van der Waals surface area contributed by atoms with Crippen LogP contribution >= 0.6 is 24.0 Å². The molecule has 30 heavy (non-hydrogen) atoms. The Bertz CT molecular complexity index is 956. The van der Waals surface area contributed by atoms with Gasteiger partial charge >= 0.3 is 0 Å². The normalized spacial score (nSPS) is 11.2. The monoisotopic (exact) mass is 522 g/mol. The molecule has 0 fully saturated rings. The Kier molecular flexibility index (Phi) is 9.85. The van der Waals surface area contributed by atoms with Crippen LogP contribution in [0.3, 0.4) is 0 Å². The van der Waals surface area contributed by atoms with Crippen molar-refractivity contribution in [2.24, 2.45) is 4.99 Å². The number of benzene rings is 1. The molecule has 0 aliphatic carbocycles. The summed E-state index contributed by atoms with van der Waals surface area (Å²) in [6.07, 6.45) is 4.67. The molecule has 0 aliphatic rings. The van der Waals surface area contributed by atoms with Crippen molar-refractivity contribution < 1.29 is 4.74 Å². The van der Waals surface area contributed by atoms with Crippen molar-refractivity contribution in [2.45, 2.75) is 33.1 Å². The first-order valence-electron chi connectivity index (χ1n) is 10.2. The highest BCUT2D eigenvalue weighted by molar-refractivity contribution is 14.0. The smallest absolute Gasteiger partial charge is 0.191 e. The quantitative estimate of drug-likeness (QED) is 0.195. The van der Waals surface area contributed by atoms with Gasteiger partial charge < -0.3 is 15.4 Å². The van der Waals surface area contributed by atoms with Crippen LogP contribution in [0.5, 0.6) is 5.75 Å². The highest BCUT2D eigenvalue weighted by Crippen LogP contribution is 2.19. The lowest BCUT2D eigenvalue weighted by atomic mass is 10.1. The Morgan fingerprint density at radius 3 is 2.80 bits per heavy atom. The molecule has 3 aromatic rings. The number of hydrogen-bond donors (Lipinski definition) is 2. The first kappa shape index (κ1) is 23.9. The molecule has 7 nitrogen and oxygen atoms in total. The molecule has 2 aromatic heterocycles. The molecule has 2 N–H and O–H groups in total. The van der Waals surface area contributed by atoms with Crippen LogP contribution in [0.1, 0.15) is 30.3 Å². The lowest BCUT2D eigenvalue weighted by molar-refractivity contribution is 0.411. The molecule has 2 heterocycles. The minimum absolute atomic E-state index is 0. The fraction of sp³-hybridized carbons (Fsp3) is 0.409. The van der Waals surface area contributed by atoms with Crippen molar-refractivity contribution in [3.05, 3.63) is 59.5 Å². The summed E-state index contributed by atoms with van der Waals surface area (Å²) in [7, 11) is 1.71. The lowest BCUT2D eigenvalue weighted by Gasteiger charge is -2.12. The van der Waals surface area contributed by atoms with E-state index in [1.165, 1.54) is 5.56 Å². The second kappa shape index (κ2) is 12.4. The summed E-state index contributed by atoms with van der Waals surface area (Å²) >= 11 is 0. The number of nitrogens with zero attached hydrogens (tertiary/aromatic N) is 4. The number of methoxy groups -OCH3 is 1. The number of aromatic nitrogens is 3. The van der Waals surface area contributed by atoms with Crippen molar-refractivity contribution >= 4 is 35.6 Å². The second-order valence-corrected chi connectivity index (χ2v) is 6.89. The van der Waals surface area contributed by atoms with Crippen LogP contribution in [0.15, 0.2) is 47.6 Å². The van der Waals surface area contributed by atoms with Gasteiger partial charge in [-0.25, -0.2) is 0 Å². The largest absolute Gasteiger partial charge is 0.496 e. The molecular formula is C22H31IN6O. The van der Waals surface area contributed by atoms with Gasteiger partial charge in [-0.3, -0.25) is 9.39 Å². The summed E-state index contributed by atoms with van der Waals surface area (Å²) < 4.78 is 7.44. The van der Waals surface area contributed by atoms with Crippen molar-refractivity contribution in [3.8, 4) is 5.75 Å². The van der Waals surface area contributed by atoms with Crippen molar-refractivity contribution in [2.75, 3.05) is 26.7 Å². The van der Waals surface area contributed by atoms with Gasteiger partial charge in [-0.1, -0.05) is 18.2 Å². The molecule has 0 unspecified atom stereocenters. The summed E-state index contributed by atoms with van der Waals surface area (Å²) in [5.74, 6) is 2.75. The van der Waals surface area contributed by atoms with Gasteiger partial charge in [-0.15, -0.1) is 34.2 Å². The van der Waals surface area contributed by atoms with E-state index >= 15 is 0 Å². The summed E-state index contributed by atoms with van der Waals surface area (Å²) in [5.41, 5.74) is 3.28. The summed E-state index contributed by atoms with van der Waals surface area (Å²) in [5, 5.41) is 15.2. The molecule has 0 saturated carbocycles. The van der Waals surface area contributed by atoms with Crippen LogP contribution in [-0.4, -0.2) is 47.3 Å². The number of guanidine groups is 1. The van der Waals surface area contributed by atoms with E-state index in [9.17, 15) is 0 Å². The maximum Gasteiger partial charge on any atom is 0.191 e. The minimum atomic E-state index is 0. The molecule has 1 aromatic carbocycles. The summed E-state index contributed by atoms with van der Waals surface area (Å²) in [4.78, 5) is 4.68. The number of halogens is 1. The summed E-state index contributed by atoms with van der Waals surface area (Å²) in [6.45, 7) is 6.50. The second-order valence-electron chi connectivity index (χ2n) is 6.89. The van der Waals surface area contributed by atoms with Gasteiger partial charge in [0.15, 0.2) is 11.6 Å². The van der Waals surface area contributed by atoms with Crippen molar-refractivity contribution in [1.82, 2.24) is 25.2 Å². The molecule has 162 valence electrons. The van der Waals surface area contributed by atoms with E-state index in [1.807, 2.05) is 28.8 Å². The fourth-order valence-electron chi connectivity index (χ4n) is 3.18. The van der Waals surface area contributed by atoms with E-state index in [-0.39, 0.29) is 24.0 Å². The molecule has 0 spiro atoms. The van der Waals surface area contributed by atoms with E-state index in [1.54, 1.807) is 7.11 Å². The fourth-order valence-corrected chi connectivity index (χ4v) is 3.18. The van der Waals surface area contributed by atoms with Crippen LogP contribution in [-0.2, 0) is 12.8 Å². The zero-order chi connectivity index (χ0) is 20.5. The summed E-state index contributed by atoms with van der Waals surface area (Å²) in [6, 6.07) is 12.3. The van der Waals surface area contributed by atoms with Crippen LogP contribution in [0.2, 0.25) is 0 Å². The van der Waals surface area contributed by atoms with Crippen LogP contribution in [0.25, 0.3) is 5.65 Å². The predicted octanol–water partition coefficient (Wildman–Crippen LogP) is 3.39. The number of ether oxygens (including phenoxy) is 1. The van der Waals surface area contributed by atoms with Gasteiger partial charge in [0.1, 0.15) is 11.6 Å². The lowest BCUT2D eigenvalue weighted by Crippen LogP contribution is -2.38.